The molecule has 54 valence electrons. The Bertz CT molecular complexity index is 186. The maximum atomic E-state index is 5.43. The molecule has 0 saturated carbocycles. The minimum absolute atomic E-state index is 0.182. The van der Waals surface area contributed by atoms with E-state index in [1.54, 1.807) is 0 Å². The van der Waals surface area contributed by atoms with Crippen molar-refractivity contribution in [1.29, 1.82) is 0 Å². The van der Waals surface area contributed by atoms with Crippen molar-refractivity contribution in [2.24, 2.45) is 5.73 Å². The zero-order valence-electron chi connectivity index (χ0n) is 5.70. The fourth-order valence-electron chi connectivity index (χ4n) is 0.811. The average Bonchev–Trinajstić information content (AvgIpc) is 2.05. The van der Waals surface area contributed by atoms with E-state index in [0.717, 1.165) is 0 Å². The van der Waals surface area contributed by atoms with Gasteiger partial charge in [-0.25, -0.2) is 0 Å². The number of thiol groups is 1. The molecule has 0 bridgehead atoms. The first-order valence-corrected chi connectivity index (χ1v) is 3.79. The Labute approximate surface area is 66.7 Å². The lowest BCUT2D eigenvalue weighted by atomic mass is 10.1. The highest BCUT2D eigenvalue weighted by molar-refractivity contribution is 7.80. The van der Waals surface area contributed by atoms with E-state index in [9.17, 15) is 0 Å². The molecule has 1 atom stereocenters. The van der Waals surface area contributed by atoms with Crippen molar-refractivity contribution in [3.8, 4) is 0 Å². The first-order chi connectivity index (χ1) is 4.84. The predicted molar refractivity (Wildman–Crippen MR) is 47.2 cm³/mol. The summed E-state index contributed by atoms with van der Waals surface area (Å²) in [5.41, 5.74) is 6.62. The van der Waals surface area contributed by atoms with Crippen LogP contribution in [0.4, 0.5) is 0 Å². The van der Waals surface area contributed by atoms with Crippen LogP contribution in [0.15, 0.2) is 30.3 Å². The molecule has 1 unspecified atom stereocenters. The molecular formula is C8H11NS. The summed E-state index contributed by atoms with van der Waals surface area (Å²) in [5.74, 6) is 0. The molecule has 2 N–H and O–H groups in total. The van der Waals surface area contributed by atoms with E-state index >= 15 is 0 Å². The first-order valence-electron chi connectivity index (χ1n) is 3.27. The molecule has 1 aromatic rings. The molecule has 0 amide bonds. The molecule has 2 heteroatoms. The minimum Gasteiger partial charge on any atom is -0.329 e. The maximum absolute atomic E-state index is 5.43. The first kappa shape index (κ1) is 7.63. The second kappa shape index (κ2) is 3.64. The highest BCUT2D eigenvalue weighted by Crippen LogP contribution is 2.16. The summed E-state index contributed by atoms with van der Waals surface area (Å²) in [6, 6.07) is 10.0. The average molecular weight is 153 g/mol. The van der Waals surface area contributed by atoms with Gasteiger partial charge in [-0.15, -0.1) is 0 Å². The molecule has 1 nitrogen and oxygen atoms in total. The third-order valence-corrected chi connectivity index (χ3v) is 1.92. The van der Waals surface area contributed by atoms with Crippen molar-refractivity contribution in [1.82, 2.24) is 0 Å². The molecule has 10 heavy (non-hydrogen) atoms. The second-order valence-corrected chi connectivity index (χ2v) is 2.79. The van der Waals surface area contributed by atoms with E-state index < -0.39 is 0 Å². The number of rotatable bonds is 2. The van der Waals surface area contributed by atoms with Crippen LogP contribution in [0.25, 0.3) is 0 Å². The summed E-state index contributed by atoms with van der Waals surface area (Å²) in [6.45, 7) is 0.590. The van der Waals surface area contributed by atoms with Crippen LogP contribution in [0.5, 0.6) is 0 Å². The molecule has 0 aromatic heterocycles. The van der Waals surface area contributed by atoms with Crippen molar-refractivity contribution in [2.75, 3.05) is 6.54 Å². The van der Waals surface area contributed by atoms with Crippen LogP contribution in [0, 0.1) is 0 Å². The molecule has 1 aromatic carbocycles. The summed E-state index contributed by atoms with van der Waals surface area (Å²) >= 11 is 4.29. The Morgan fingerprint density at radius 2 is 1.90 bits per heavy atom. The lowest BCUT2D eigenvalue weighted by molar-refractivity contribution is 0.949. The molecule has 0 aliphatic carbocycles. The van der Waals surface area contributed by atoms with Crippen LogP contribution < -0.4 is 5.73 Å². The standard InChI is InChI=1S/C8H11NS/c9-6-8(10)7-4-2-1-3-5-7/h1-5,8,10H,6,9H2. The van der Waals surface area contributed by atoms with Gasteiger partial charge in [-0.1, -0.05) is 30.3 Å². The molecular weight excluding hydrogens is 142 g/mol. The molecule has 0 heterocycles. The fourth-order valence-corrected chi connectivity index (χ4v) is 0.983. The minimum atomic E-state index is 0.182. The number of hydrogen-bond acceptors (Lipinski definition) is 2. The quantitative estimate of drug-likeness (QED) is 0.620. The van der Waals surface area contributed by atoms with Crippen molar-refractivity contribution in [2.45, 2.75) is 5.25 Å². The molecule has 0 spiro atoms. The van der Waals surface area contributed by atoms with Gasteiger partial charge in [0.2, 0.25) is 0 Å². The number of hydrogen-bond donors (Lipinski definition) is 2. The van der Waals surface area contributed by atoms with Crippen LogP contribution in [0.1, 0.15) is 10.8 Å². The highest BCUT2D eigenvalue weighted by Gasteiger charge is 2.00. The van der Waals surface area contributed by atoms with Crippen molar-refractivity contribution in [3.05, 3.63) is 35.9 Å². The van der Waals surface area contributed by atoms with Crippen LogP contribution >= 0.6 is 12.6 Å². The van der Waals surface area contributed by atoms with Gasteiger partial charge in [-0.3, -0.25) is 0 Å². The van der Waals surface area contributed by atoms with Gasteiger partial charge in [-0.2, -0.15) is 12.6 Å². The Morgan fingerprint density at radius 1 is 1.30 bits per heavy atom. The van der Waals surface area contributed by atoms with Gasteiger partial charge in [-0.05, 0) is 5.56 Å². The topological polar surface area (TPSA) is 26.0 Å². The Hall–Kier alpha value is -0.470. The maximum Gasteiger partial charge on any atom is 0.0389 e. The summed E-state index contributed by atoms with van der Waals surface area (Å²) in [5, 5.41) is 0.182. The Kier molecular flexibility index (Phi) is 2.78. The number of nitrogens with two attached hydrogens (primary N) is 1. The summed E-state index contributed by atoms with van der Waals surface area (Å²) in [6.07, 6.45) is 0. The van der Waals surface area contributed by atoms with Gasteiger partial charge in [0, 0.05) is 11.8 Å². The summed E-state index contributed by atoms with van der Waals surface area (Å²) in [4.78, 5) is 0. The molecule has 0 aliphatic rings. The predicted octanol–water partition coefficient (Wildman–Crippen LogP) is 1.62. The number of benzene rings is 1. The molecule has 0 radical (unpaired) electrons. The third kappa shape index (κ3) is 1.75. The van der Waals surface area contributed by atoms with E-state index in [2.05, 4.69) is 12.6 Å². The van der Waals surface area contributed by atoms with Crippen molar-refractivity contribution in [3.63, 3.8) is 0 Å². The SMILES string of the molecule is NCC(S)c1ccccc1. The van der Waals surface area contributed by atoms with E-state index in [4.69, 9.17) is 5.73 Å². The lowest BCUT2D eigenvalue weighted by Crippen LogP contribution is -2.06. The van der Waals surface area contributed by atoms with Crippen LogP contribution in [-0.4, -0.2) is 6.54 Å². The van der Waals surface area contributed by atoms with E-state index in [-0.39, 0.29) is 5.25 Å². The molecule has 0 fully saturated rings. The zero-order valence-corrected chi connectivity index (χ0v) is 6.59. The normalized spacial score (nSPS) is 13.0. The monoisotopic (exact) mass is 153 g/mol. The summed E-state index contributed by atoms with van der Waals surface area (Å²) in [7, 11) is 0. The fraction of sp³-hybridized carbons (Fsp3) is 0.250. The second-order valence-electron chi connectivity index (χ2n) is 2.16. The van der Waals surface area contributed by atoms with Crippen LogP contribution in [-0.2, 0) is 0 Å². The lowest BCUT2D eigenvalue weighted by Gasteiger charge is -2.05. The van der Waals surface area contributed by atoms with Gasteiger partial charge in [0.05, 0.1) is 0 Å². The van der Waals surface area contributed by atoms with Gasteiger partial charge in [0.25, 0.3) is 0 Å². The molecule has 1 rings (SSSR count). The smallest absolute Gasteiger partial charge is 0.0389 e. The van der Waals surface area contributed by atoms with Gasteiger partial charge >= 0.3 is 0 Å². The van der Waals surface area contributed by atoms with Crippen molar-refractivity contribution < 1.29 is 0 Å². The van der Waals surface area contributed by atoms with E-state index in [0.29, 0.717) is 6.54 Å². The van der Waals surface area contributed by atoms with Crippen molar-refractivity contribution >= 4 is 12.6 Å². The van der Waals surface area contributed by atoms with Gasteiger partial charge in [0.15, 0.2) is 0 Å². The summed E-state index contributed by atoms with van der Waals surface area (Å²) < 4.78 is 0. The van der Waals surface area contributed by atoms with Crippen LogP contribution in [0.2, 0.25) is 0 Å². The third-order valence-electron chi connectivity index (χ3n) is 1.41. The van der Waals surface area contributed by atoms with Crippen LogP contribution in [0.3, 0.4) is 0 Å². The Morgan fingerprint density at radius 3 is 2.40 bits per heavy atom. The zero-order chi connectivity index (χ0) is 7.40. The van der Waals surface area contributed by atoms with E-state index in [1.165, 1.54) is 5.56 Å². The molecule has 0 saturated heterocycles. The molecule has 0 aliphatic heterocycles. The van der Waals surface area contributed by atoms with E-state index in [1.807, 2.05) is 30.3 Å². The Balaban J connectivity index is 2.75. The largest absolute Gasteiger partial charge is 0.329 e. The highest BCUT2D eigenvalue weighted by atomic mass is 32.1. The van der Waals surface area contributed by atoms with Gasteiger partial charge < -0.3 is 5.73 Å². The van der Waals surface area contributed by atoms with Gasteiger partial charge in [0.1, 0.15) is 0 Å².